The van der Waals surface area contributed by atoms with Crippen molar-refractivity contribution in [3.05, 3.63) is 16.4 Å². The van der Waals surface area contributed by atoms with Crippen molar-refractivity contribution in [3.8, 4) is 0 Å². The van der Waals surface area contributed by atoms with Crippen LogP contribution in [0, 0.1) is 19.8 Å². The standard InChI is InChI=1S/C20H33ClN4O/c1-15(14-25-17(3)19(21)16(2)22-25)20(26)24-12-5-4-8-18(24)9-13-23-10-6-7-11-23/h15,18H,4-14H2,1-3H3. The highest BCUT2D eigenvalue weighted by Crippen LogP contribution is 2.25. The number of piperidine rings is 1. The van der Waals surface area contributed by atoms with E-state index in [1.54, 1.807) is 0 Å². The molecule has 0 radical (unpaired) electrons. The maximum atomic E-state index is 13.2. The molecular formula is C20H33ClN4O. The molecular weight excluding hydrogens is 348 g/mol. The maximum absolute atomic E-state index is 13.2. The summed E-state index contributed by atoms with van der Waals surface area (Å²) in [5, 5.41) is 5.21. The maximum Gasteiger partial charge on any atom is 0.227 e. The molecule has 6 heteroatoms. The summed E-state index contributed by atoms with van der Waals surface area (Å²) in [6.45, 7) is 11.0. The van der Waals surface area contributed by atoms with Crippen molar-refractivity contribution >= 4 is 17.5 Å². The number of amides is 1. The van der Waals surface area contributed by atoms with Crippen LogP contribution >= 0.6 is 11.6 Å². The number of carbonyl (C=O) groups excluding carboxylic acids is 1. The van der Waals surface area contributed by atoms with Crippen LogP contribution in [0.5, 0.6) is 0 Å². The van der Waals surface area contributed by atoms with Crippen LogP contribution < -0.4 is 0 Å². The van der Waals surface area contributed by atoms with Crippen molar-refractivity contribution in [3.63, 3.8) is 0 Å². The summed E-state index contributed by atoms with van der Waals surface area (Å²) in [5.41, 5.74) is 1.79. The third-order valence-electron chi connectivity index (χ3n) is 6.05. The van der Waals surface area contributed by atoms with Gasteiger partial charge in [0, 0.05) is 19.1 Å². The van der Waals surface area contributed by atoms with Gasteiger partial charge in [-0.2, -0.15) is 5.10 Å². The molecule has 2 atom stereocenters. The van der Waals surface area contributed by atoms with Crippen molar-refractivity contribution in [2.45, 2.75) is 71.9 Å². The Hall–Kier alpha value is -1.07. The van der Waals surface area contributed by atoms with Crippen LogP contribution in [0.15, 0.2) is 0 Å². The number of aryl methyl sites for hydroxylation is 1. The van der Waals surface area contributed by atoms with E-state index in [1.165, 1.54) is 32.4 Å². The number of likely N-dealkylation sites (tertiary alicyclic amines) is 2. The number of hydrogen-bond acceptors (Lipinski definition) is 3. The molecule has 0 saturated carbocycles. The molecule has 26 heavy (non-hydrogen) atoms. The Balaban J connectivity index is 1.60. The zero-order valence-electron chi connectivity index (χ0n) is 16.5. The van der Waals surface area contributed by atoms with Crippen LogP contribution in [0.4, 0.5) is 0 Å². The number of carbonyl (C=O) groups is 1. The highest BCUT2D eigenvalue weighted by Gasteiger charge is 2.30. The van der Waals surface area contributed by atoms with Crippen LogP contribution in [0.1, 0.15) is 56.8 Å². The summed E-state index contributed by atoms with van der Waals surface area (Å²) in [7, 11) is 0. The lowest BCUT2D eigenvalue weighted by Gasteiger charge is -2.38. The summed E-state index contributed by atoms with van der Waals surface area (Å²) >= 11 is 6.25. The molecule has 0 bridgehead atoms. The van der Waals surface area contributed by atoms with Crippen LogP contribution in [0.25, 0.3) is 0 Å². The van der Waals surface area contributed by atoms with Gasteiger partial charge in [-0.25, -0.2) is 0 Å². The van der Waals surface area contributed by atoms with Crippen LogP contribution in [0.3, 0.4) is 0 Å². The van der Waals surface area contributed by atoms with Gasteiger partial charge in [-0.15, -0.1) is 0 Å². The summed E-state index contributed by atoms with van der Waals surface area (Å²) < 4.78 is 1.89. The lowest BCUT2D eigenvalue weighted by atomic mass is 9.97. The minimum absolute atomic E-state index is 0.0727. The van der Waals surface area contributed by atoms with Gasteiger partial charge in [0.15, 0.2) is 0 Å². The number of aromatic nitrogens is 2. The number of nitrogens with zero attached hydrogens (tertiary/aromatic N) is 4. The predicted molar refractivity (Wildman–Crippen MR) is 106 cm³/mol. The molecule has 0 aromatic carbocycles. The molecule has 1 aromatic rings. The van der Waals surface area contributed by atoms with Crippen LogP contribution in [-0.4, -0.2) is 57.7 Å². The highest BCUT2D eigenvalue weighted by molar-refractivity contribution is 6.31. The van der Waals surface area contributed by atoms with Gasteiger partial charge in [0.25, 0.3) is 0 Å². The molecule has 146 valence electrons. The molecule has 3 heterocycles. The van der Waals surface area contributed by atoms with E-state index in [1.807, 2.05) is 25.5 Å². The summed E-state index contributed by atoms with van der Waals surface area (Å²) in [4.78, 5) is 17.9. The Morgan fingerprint density at radius 3 is 2.54 bits per heavy atom. The molecule has 2 unspecified atom stereocenters. The smallest absolute Gasteiger partial charge is 0.227 e. The molecule has 2 aliphatic rings. The zero-order valence-corrected chi connectivity index (χ0v) is 17.3. The van der Waals surface area contributed by atoms with Crippen molar-refractivity contribution in [1.29, 1.82) is 0 Å². The molecule has 5 nitrogen and oxygen atoms in total. The van der Waals surface area contributed by atoms with Gasteiger partial charge in [-0.1, -0.05) is 18.5 Å². The monoisotopic (exact) mass is 380 g/mol. The lowest BCUT2D eigenvalue weighted by molar-refractivity contribution is -0.139. The molecule has 0 N–H and O–H groups in total. The second kappa shape index (κ2) is 8.75. The third kappa shape index (κ3) is 4.42. The first-order valence-corrected chi connectivity index (χ1v) is 10.6. The van der Waals surface area contributed by atoms with Gasteiger partial charge in [0.1, 0.15) is 0 Å². The van der Waals surface area contributed by atoms with Crippen LogP contribution in [-0.2, 0) is 11.3 Å². The number of rotatable bonds is 6. The Morgan fingerprint density at radius 1 is 1.19 bits per heavy atom. The van der Waals surface area contributed by atoms with Crippen molar-refractivity contribution < 1.29 is 4.79 Å². The fourth-order valence-corrected chi connectivity index (χ4v) is 4.54. The first kappa shape index (κ1) is 19.7. The Labute approximate surface area is 162 Å². The lowest BCUT2D eigenvalue weighted by Crippen LogP contribution is -2.47. The van der Waals surface area contributed by atoms with E-state index in [4.69, 9.17) is 11.6 Å². The Morgan fingerprint density at radius 2 is 1.88 bits per heavy atom. The van der Waals surface area contributed by atoms with E-state index < -0.39 is 0 Å². The van der Waals surface area contributed by atoms with Gasteiger partial charge in [0.05, 0.1) is 28.9 Å². The van der Waals surface area contributed by atoms with Crippen molar-refractivity contribution in [1.82, 2.24) is 19.6 Å². The molecule has 2 fully saturated rings. The average molecular weight is 381 g/mol. The van der Waals surface area contributed by atoms with Gasteiger partial charge >= 0.3 is 0 Å². The topological polar surface area (TPSA) is 41.4 Å². The Kier molecular flexibility index (Phi) is 6.62. The summed E-state index contributed by atoms with van der Waals surface area (Å²) in [6, 6.07) is 0.406. The SMILES string of the molecule is Cc1nn(CC(C)C(=O)N2CCCCC2CCN2CCCC2)c(C)c1Cl. The first-order valence-electron chi connectivity index (χ1n) is 10.2. The zero-order chi connectivity index (χ0) is 18.7. The van der Waals surface area contributed by atoms with E-state index in [-0.39, 0.29) is 11.8 Å². The molecule has 2 aliphatic heterocycles. The number of hydrogen-bond donors (Lipinski definition) is 0. The second-order valence-electron chi connectivity index (χ2n) is 8.09. The second-order valence-corrected chi connectivity index (χ2v) is 8.46. The summed E-state index contributed by atoms with van der Waals surface area (Å²) in [6.07, 6.45) is 7.30. The van der Waals surface area contributed by atoms with Gasteiger partial charge in [0.2, 0.25) is 5.91 Å². The largest absolute Gasteiger partial charge is 0.339 e. The molecule has 1 amide bonds. The van der Waals surface area contributed by atoms with Crippen molar-refractivity contribution in [2.75, 3.05) is 26.2 Å². The molecule has 3 rings (SSSR count). The van der Waals surface area contributed by atoms with Crippen molar-refractivity contribution in [2.24, 2.45) is 5.92 Å². The van der Waals surface area contributed by atoms with Crippen LogP contribution in [0.2, 0.25) is 5.02 Å². The van der Waals surface area contributed by atoms with E-state index in [9.17, 15) is 4.79 Å². The van der Waals surface area contributed by atoms with E-state index in [2.05, 4.69) is 14.9 Å². The Bertz CT molecular complexity index is 624. The summed E-state index contributed by atoms with van der Waals surface area (Å²) in [5.74, 6) is 0.205. The van der Waals surface area contributed by atoms with E-state index >= 15 is 0 Å². The van der Waals surface area contributed by atoms with Gasteiger partial charge in [-0.05, 0) is 65.5 Å². The number of halogens is 1. The molecule has 0 aliphatic carbocycles. The van der Waals surface area contributed by atoms with Gasteiger partial charge < -0.3 is 9.80 Å². The highest BCUT2D eigenvalue weighted by atomic mass is 35.5. The molecule has 1 aromatic heterocycles. The van der Waals surface area contributed by atoms with Gasteiger partial charge in [-0.3, -0.25) is 9.48 Å². The fourth-order valence-electron chi connectivity index (χ4n) is 4.40. The molecule has 2 saturated heterocycles. The third-order valence-corrected chi connectivity index (χ3v) is 6.60. The van der Waals surface area contributed by atoms with E-state index in [0.717, 1.165) is 43.7 Å². The molecule has 0 spiro atoms. The minimum Gasteiger partial charge on any atom is -0.339 e. The van der Waals surface area contributed by atoms with E-state index in [0.29, 0.717) is 17.6 Å². The predicted octanol–water partition coefficient (Wildman–Crippen LogP) is 3.66. The quantitative estimate of drug-likeness (QED) is 0.756. The first-order chi connectivity index (χ1) is 12.5. The minimum atomic E-state index is -0.0727. The average Bonchev–Trinajstić information content (AvgIpc) is 3.24. The normalized spacial score (nSPS) is 22.8. The fraction of sp³-hybridized carbons (Fsp3) is 0.800.